The molecule has 0 radical (unpaired) electrons. The fourth-order valence-electron chi connectivity index (χ4n) is 1.90. The molecule has 4 nitrogen and oxygen atoms in total. The van der Waals surface area contributed by atoms with Crippen molar-refractivity contribution in [2.45, 2.75) is 19.9 Å². The van der Waals surface area contributed by atoms with Crippen LogP contribution in [-0.2, 0) is 0 Å². The van der Waals surface area contributed by atoms with Crippen LogP contribution in [0.1, 0.15) is 35.9 Å². The minimum atomic E-state index is -0.0875. The Morgan fingerprint density at radius 1 is 1.37 bits per heavy atom. The van der Waals surface area contributed by atoms with Crippen LogP contribution in [0.2, 0.25) is 0 Å². The van der Waals surface area contributed by atoms with Gasteiger partial charge in [0.1, 0.15) is 11.4 Å². The van der Waals surface area contributed by atoms with Gasteiger partial charge in [-0.3, -0.25) is 9.48 Å². The lowest BCUT2D eigenvalue weighted by Crippen LogP contribution is -2.14. The first-order valence-corrected chi connectivity index (χ1v) is 6.75. The lowest BCUT2D eigenvalue weighted by molar-refractivity contribution is 0.102. The zero-order chi connectivity index (χ0) is 14.0. The van der Waals surface area contributed by atoms with E-state index in [0.29, 0.717) is 17.0 Å². The Kier molecular flexibility index (Phi) is 4.04. The van der Waals surface area contributed by atoms with Crippen molar-refractivity contribution in [2.24, 2.45) is 0 Å². The van der Waals surface area contributed by atoms with Crippen molar-refractivity contribution in [2.75, 3.05) is 7.11 Å². The van der Waals surface area contributed by atoms with Gasteiger partial charge in [0.05, 0.1) is 12.7 Å². The summed E-state index contributed by atoms with van der Waals surface area (Å²) in [5.41, 5.74) is 1.10. The van der Waals surface area contributed by atoms with Gasteiger partial charge in [-0.1, -0.05) is 15.9 Å². The van der Waals surface area contributed by atoms with Crippen molar-refractivity contribution in [1.82, 2.24) is 9.78 Å². The van der Waals surface area contributed by atoms with Crippen LogP contribution in [-0.4, -0.2) is 22.7 Å². The van der Waals surface area contributed by atoms with E-state index in [0.717, 1.165) is 4.47 Å². The first kappa shape index (κ1) is 13.8. The van der Waals surface area contributed by atoms with Gasteiger partial charge in [-0.2, -0.15) is 5.10 Å². The van der Waals surface area contributed by atoms with Crippen LogP contribution in [0, 0.1) is 0 Å². The van der Waals surface area contributed by atoms with Crippen LogP contribution in [0.4, 0.5) is 0 Å². The van der Waals surface area contributed by atoms with E-state index in [-0.39, 0.29) is 11.8 Å². The fraction of sp³-hybridized carbons (Fsp3) is 0.286. The third-order valence-electron chi connectivity index (χ3n) is 2.80. The van der Waals surface area contributed by atoms with Crippen molar-refractivity contribution >= 4 is 21.7 Å². The molecular weight excluding hydrogens is 308 g/mol. The Balaban J connectivity index is 2.47. The number of methoxy groups -OCH3 is 1. The Labute approximate surface area is 120 Å². The maximum absolute atomic E-state index is 12.6. The summed E-state index contributed by atoms with van der Waals surface area (Å²) < 4.78 is 7.85. The van der Waals surface area contributed by atoms with E-state index in [1.54, 1.807) is 36.2 Å². The molecule has 0 aliphatic heterocycles. The predicted molar refractivity (Wildman–Crippen MR) is 76.7 cm³/mol. The zero-order valence-corrected chi connectivity index (χ0v) is 12.6. The second-order valence-corrected chi connectivity index (χ2v) is 5.34. The number of carbonyl (C=O) groups excluding carboxylic acids is 1. The molecule has 5 heteroatoms. The van der Waals surface area contributed by atoms with E-state index in [9.17, 15) is 4.79 Å². The Hall–Kier alpha value is -1.62. The minimum absolute atomic E-state index is 0.0875. The molecule has 2 aromatic rings. The third kappa shape index (κ3) is 2.71. The lowest BCUT2D eigenvalue weighted by atomic mass is 10.1. The molecule has 0 N–H and O–H groups in total. The quantitative estimate of drug-likeness (QED) is 0.809. The van der Waals surface area contributed by atoms with Crippen molar-refractivity contribution < 1.29 is 9.53 Å². The Morgan fingerprint density at radius 2 is 2.11 bits per heavy atom. The first-order valence-electron chi connectivity index (χ1n) is 5.96. The summed E-state index contributed by atoms with van der Waals surface area (Å²) in [6, 6.07) is 7.22. The molecule has 0 saturated carbocycles. The fourth-order valence-corrected chi connectivity index (χ4v) is 2.24. The summed E-state index contributed by atoms with van der Waals surface area (Å²) in [6.07, 6.45) is 1.64. The van der Waals surface area contributed by atoms with E-state index >= 15 is 0 Å². The van der Waals surface area contributed by atoms with Crippen molar-refractivity contribution in [3.8, 4) is 5.75 Å². The van der Waals surface area contributed by atoms with Crippen molar-refractivity contribution in [1.29, 1.82) is 0 Å². The molecule has 0 bridgehead atoms. The second kappa shape index (κ2) is 5.57. The Bertz CT molecular complexity index is 605. The van der Waals surface area contributed by atoms with E-state index in [4.69, 9.17) is 4.74 Å². The third-order valence-corrected chi connectivity index (χ3v) is 3.29. The second-order valence-electron chi connectivity index (χ2n) is 4.43. The molecule has 0 aliphatic carbocycles. The SMILES string of the molecule is COc1cc(Br)ccc1C(=O)c1ccnn1C(C)C. The van der Waals surface area contributed by atoms with E-state index in [2.05, 4.69) is 21.0 Å². The predicted octanol–water partition coefficient (Wildman–Crippen LogP) is 3.47. The number of aromatic nitrogens is 2. The normalized spacial score (nSPS) is 10.8. The van der Waals surface area contributed by atoms with Gasteiger partial charge in [-0.05, 0) is 38.1 Å². The molecule has 1 aromatic carbocycles. The number of hydrogen-bond acceptors (Lipinski definition) is 3. The molecule has 19 heavy (non-hydrogen) atoms. The van der Waals surface area contributed by atoms with Crippen LogP contribution >= 0.6 is 15.9 Å². The molecule has 0 aliphatic rings. The smallest absolute Gasteiger partial charge is 0.214 e. The minimum Gasteiger partial charge on any atom is -0.496 e. The topological polar surface area (TPSA) is 44.1 Å². The number of halogens is 1. The van der Waals surface area contributed by atoms with Crippen molar-refractivity contribution in [3.05, 3.63) is 46.2 Å². The Morgan fingerprint density at radius 3 is 2.74 bits per heavy atom. The van der Waals surface area contributed by atoms with Crippen LogP contribution in [0.3, 0.4) is 0 Å². The highest BCUT2D eigenvalue weighted by Crippen LogP contribution is 2.26. The number of carbonyl (C=O) groups is 1. The van der Waals surface area contributed by atoms with E-state index < -0.39 is 0 Å². The molecule has 0 fully saturated rings. The molecule has 0 amide bonds. The molecule has 0 saturated heterocycles. The van der Waals surface area contributed by atoms with E-state index in [1.807, 2.05) is 19.9 Å². The van der Waals surface area contributed by atoms with Crippen LogP contribution in [0.5, 0.6) is 5.75 Å². The largest absolute Gasteiger partial charge is 0.496 e. The lowest BCUT2D eigenvalue weighted by Gasteiger charge is -2.12. The van der Waals surface area contributed by atoms with Crippen LogP contribution in [0.25, 0.3) is 0 Å². The van der Waals surface area contributed by atoms with Gasteiger partial charge < -0.3 is 4.74 Å². The number of rotatable bonds is 4. The molecular formula is C14H15BrN2O2. The number of hydrogen-bond donors (Lipinski definition) is 0. The zero-order valence-electron chi connectivity index (χ0n) is 11.1. The van der Waals surface area contributed by atoms with Gasteiger partial charge in [-0.25, -0.2) is 0 Å². The molecule has 0 atom stereocenters. The summed E-state index contributed by atoms with van der Waals surface area (Å²) in [5, 5.41) is 4.18. The molecule has 1 heterocycles. The number of ketones is 1. The maximum atomic E-state index is 12.6. The van der Waals surface area contributed by atoms with E-state index in [1.165, 1.54) is 0 Å². The standard InChI is InChI=1S/C14H15BrN2O2/c1-9(2)17-12(6-7-16-17)14(18)11-5-4-10(15)8-13(11)19-3/h4-9H,1-3H3. The molecule has 100 valence electrons. The van der Waals surface area contributed by atoms with Gasteiger partial charge in [0.15, 0.2) is 0 Å². The molecule has 0 spiro atoms. The molecule has 0 unspecified atom stereocenters. The molecule has 2 rings (SSSR count). The van der Waals surface area contributed by atoms with Crippen LogP contribution in [0.15, 0.2) is 34.9 Å². The maximum Gasteiger partial charge on any atom is 0.214 e. The van der Waals surface area contributed by atoms with Gasteiger partial charge in [-0.15, -0.1) is 0 Å². The monoisotopic (exact) mass is 322 g/mol. The number of nitrogens with zero attached hydrogens (tertiary/aromatic N) is 2. The summed E-state index contributed by atoms with van der Waals surface area (Å²) >= 11 is 3.36. The highest BCUT2D eigenvalue weighted by Gasteiger charge is 2.19. The summed E-state index contributed by atoms with van der Waals surface area (Å²) in [7, 11) is 1.55. The highest BCUT2D eigenvalue weighted by atomic mass is 79.9. The van der Waals surface area contributed by atoms with Gasteiger partial charge in [0.25, 0.3) is 0 Å². The van der Waals surface area contributed by atoms with Crippen molar-refractivity contribution in [3.63, 3.8) is 0 Å². The summed E-state index contributed by atoms with van der Waals surface area (Å²) in [4.78, 5) is 12.6. The number of ether oxygens (including phenoxy) is 1. The summed E-state index contributed by atoms with van der Waals surface area (Å²) in [5.74, 6) is 0.464. The van der Waals surface area contributed by atoms with Gasteiger partial charge >= 0.3 is 0 Å². The van der Waals surface area contributed by atoms with Gasteiger partial charge in [0.2, 0.25) is 5.78 Å². The first-order chi connectivity index (χ1) is 9.04. The van der Waals surface area contributed by atoms with Gasteiger partial charge in [0, 0.05) is 16.7 Å². The molecule has 1 aromatic heterocycles. The number of benzene rings is 1. The average molecular weight is 323 g/mol. The van der Waals surface area contributed by atoms with Crippen LogP contribution < -0.4 is 4.74 Å². The summed E-state index contributed by atoms with van der Waals surface area (Å²) in [6.45, 7) is 3.98. The average Bonchev–Trinajstić information content (AvgIpc) is 2.87. The highest BCUT2D eigenvalue weighted by molar-refractivity contribution is 9.10.